The molecule has 1 atom stereocenters. The smallest absolute Gasteiger partial charge is 0.257 e. The fourth-order valence-corrected chi connectivity index (χ4v) is 2.57. The minimum atomic E-state index is 0.112. The lowest BCUT2D eigenvalue weighted by molar-refractivity contribution is 0.141. The summed E-state index contributed by atoms with van der Waals surface area (Å²) in [5.41, 5.74) is 2.10. The van der Waals surface area contributed by atoms with Gasteiger partial charge in [0, 0.05) is 12.0 Å². The molecule has 24 heavy (non-hydrogen) atoms. The first-order chi connectivity index (χ1) is 11.8. The molecule has 0 N–H and O–H groups in total. The third-order valence-electron chi connectivity index (χ3n) is 3.87. The standard InChI is InChI=1S/C17H18N4O3/c1-12-2-4-13(5-3-12)17-19-16(20-24-17)10-21-9-15(8-18-21)23-14-6-7-22-11-14/h2-5,8-9,14H,6-7,10-11H2,1H3. The Morgan fingerprint density at radius 3 is 2.96 bits per heavy atom. The molecule has 3 aromatic rings. The fourth-order valence-electron chi connectivity index (χ4n) is 2.57. The zero-order chi connectivity index (χ0) is 16.4. The van der Waals surface area contributed by atoms with Crippen LogP contribution in [0.15, 0.2) is 41.2 Å². The zero-order valence-electron chi connectivity index (χ0n) is 13.4. The van der Waals surface area contributed by atoms with Crippen molar-refractivity contribution >= 4 is 0 Å². The van der Waals surface area contributed by atoms with Gasteiger partial charge < -0.3 is 14.0 Å². The molecule has 124 valence electrons. The topological polar surface area (TPSA) is 75.2 Å². The molecule has 1 aromatic carbocycles. The summed E-state index contributed by atoms with van der Waals surface area (Å²) in [5, 5.41) is 8.29. The fraction of sp³-hybridized carbons (Fsp3) is 0.353. The van der Waals surface area contributed by atoms with Crippen molar-refractivity contribution in [3.05, 3.63) is 48.0 Å². The molecule has 3 heterocycles. The maximum atomic E-state index is 5.81. The molecular weight excluding hydrogens is 308 g/mol. The Labute approximate surface area is 139 Å². The van der Waals surface area contributed by atoms with E-state index in [1.165, 1.54) is 5.56 Å². The minimum Gasteiger partial charge on any atom is -0.485 e. The molecule has 4 rings (SSSR count). The lowest BCUT2D eigenvalue weighted by Crippen LogP contribution is -2.15. The predicted molar refractivity (Wildman–Crippen MR) is 85.7 cm³/mol. The molecule has 1 aliphatic heterocycles. The normalized spacial score (nSPS) is 17.3. The van der Waals surface area contributed by atoms with Crippen molar-refractivity contribution in [2.24, 2.45) is 0 Å². The van der Waals surface area contributed by atoms with Crippen LogP contribution < -0.4 is 4.74 Å². The van der Waals surface area contributed by atoms with Crippen molar-refractivity contribution in [2.45, 2.75) is 26.0 Å². The van der Waals surface area contributed by atoms with Crippen LogP contribution in [0.5, 0.6) is 5.75 Å². The van der Waals surface area contributed by atoms with E-state index in [1.54, 1.807) is 10.9 Å². The van der Waals surface area contributed by atoms with Crippen molar-refractivity contribution in [2.75, 3.05) is 13.2 Å². The summed E-state index contributed by atoms with van der Waals surface area (Å²) in [6.45, 7) is 3.86. The number of rotatable bonds is 5. The maximum absolute atomic E-state index is 5.81. The molecule has 0 spiro atoms. The van der Waals surface area contributed by atoms with E-state index < -0.39 is 0 Å². The second-order valence-electron chi connectivity index (χ2n) is 5.86. The quantitative estimate of drug-likeness (QED) is 0.717. The Morgan fingerprint density at radius 2 is 2.17 bits per heavy atom. The van der Waals surface area contributed by atoms with Crippen LogP contribution in [0, 0.1) is 6.92 Å². The highest BCUT2D eigenvalue weighted by Crippen LogP contribution is 2.19. The molecule has 1 aliphatic rings. The van der Waals surface area contributed by atoms with Crippen LogP contribution in [0.25, 0.3) is 11.5 Å². The molecule has 1 fully saturated rings. The van der Waals surface area contributed by atoms with Gasteiger partial charge in [0.1, 0.15) is 12.6 Å². The summed E-state index contributed by atoms with van der Waals surface area (Å²) in [6.07, 6.45) is 4.55. The van der Waals surface area contributed by atoms with Crippen LogP contribution in [0.1, 0.15) is 17.8 Å². The highest BCUT2D eigenvalue weighted by atomic mass is 16.5. The molecule has 7 heteroatoms. The first-order valence-electron chi connectivity index (χ1n) is 7.93. The van der Waals surface area contributed by atoms with Gasteiger partial charge in [-0.2, -0.15) is 10.1 Å². The number of ether oxygens (including phenoxy) is 2. The average molecular weight is 326 g/mol. The molecular formula is C17H18N4O3. The van der Waals surface area contributed by atoms with Gasteiger partial charge in [-0.3, -0.25) is 4.68 Å². The van der Waals surface area contributed by atoms with Crippen molar-refractivity contribution in [3.63, 3.8) is 0 Å². The molecule has 0 amide bonds. The second-order valence-corrected chi connectivity index (χ2v) is 5.86. The molecule has 0 bridgehead atoms. The van der Waals surface area contributed by atoms with Crippen molar-refractivity contribution in [1.29, 1.82) is 0 Å². The Hall–Kier alpha value is -2.67. The molecule has 0 radical (unpaired) electrons. The first kappa shape index (κ1) is 14.9. The molecule has 7 nitrogen and oxygen atoms in total. The van der Waals surface area contributed by atoms with Gasteiger partial charge in [0.25, 0.3) is 5.89 Å². The highest BCUT2D eigenvalue weighted by Gasteiger charge is 2.18. The average Bonchev–Trinajstić information content (AvgIpc) is 3.32. The van der Waals surface area contributed by atoms with E-state index in [0.29, 0.717) is 24.9 Å². The lowest BCUT2D eigenvalue weighted by atomic mass is 10.1. The number of hydrogen-bond donors (Lipinski definition) is 0. The first-order valence-corrected chi connectivity index (χ1v) is 7.93. The van der Waals surface area contributed by atoms with Crippen LogP contribution in [0.4, 0.5) is 0 Å². The highest BCUT2D eigenvalue weighted by molar-refractivity contribution is 5.53. The van der Waals surface area contributed by atoms with E-state index in [0.717, 1.165) is 24.3 Å². The van der Waals surface area contributed by atoms with Gasteiger partial charge in [-0.15, -0.1) is 0 Å². The summed E-state index contributed by atoms with van der Waals surface area (Å²) < 4.78 is 18.2. The number of nitrogens with zero attached hydrogens (tertiary/aromatic N) is 4. The molecule has 1 saturated heterocycles. The minimum absolute atomic E-state index is 0.112. The molecule has 0 saturated carbocycles. The van der Waals surface area contributed by atoms with E-state index in [4.69, 9.17) is 14.0 Å². The van der Waals surface area contributed by atoms with Gasteiger partial charge in [-0.25, -0.2) is 0 Å². The van der Waals surface area contributed by atoms with Crippen LogP contribution in [0.2, 0.25) is 0 Å². The zero-order valence-corrected chi connectivity index (χ0v) is 13.4. The van der Waals surface area contributed by atoms with E-state index in [-0.39, 0.29) is 6.10 Å². The largest absolute Gasteiger partial charge is 0.485 e. The van der Waals surface area contributed by atoms with Gasteiger partial charge >= 0.3 is 0 Å². The second kappa shape index (κ2) is 6.45. The van der Waals surface area contributed by atoms with E-state index in [9.17, 15) is 0 Å². The Balaban J connectivity index is 1.42. The SMILES string of the molecule is Cc1ccc(-c2nc(Cn3cc(OC4CCOC4)cn3)no2)cc1. The number of hydrogen-bond acceptors (Lipinski definition) is 6. The van der Waals surface area contributed by atoms with Gasteiger partial charge in [0.05, 0.1) is 25.6 Å². The summed E-state index contributed by atoms with van der Waals surface area (Å²) in [6, 6.07) is 7.97. The Kier molecular flexibility index (Phi) is 4.00. The van der Waals surface area contributed by atoms with E-state index in [1.807, 2.05) is 37.4 Å². The Bertz CT molecular complexity index is 803. The van der Waals surface area contributed by atoms with Gasteiger partial charge in [0.2, 0.25) is 0 Å². The van der Waals surface area contributed by atoms with E-state index >= 15 is 0 Å². The number of benzene rings is 1. The van der Waals surface area contributed by atoms with Gasteiger partial charge in [-0.05, 0) is 19.1 Å². The predicted octanol–water partition coefficient (Wildman–Crippen LogP) is 2.46. The maximum Gasteiger partial charge on any atom is 0.257 e. The van der Waals surface area contributed by atoms with Crippen LogP contribution in [0.3, 0.4) is 0 Å². The van der Waals surface area contributed by atoms with Crippen molar-refractivity contribution in [3.8, 4) is 17.2 Å². The van der Waals surface area contributed by atoms with Crippen LogP contribution in [-0.4, -0.2) is 39.2 Å². The van der Waals surface area contributed by atoms with Crippen molar-refractivity contribution < 1.29 is 14.0 Å². The lowest BCUT2D eigenvalue weighted by Gasteiger charge is -2.08. The van der Waals surface area contributed by atoms with Gasteiger partial charge in [0.15, 0.2) is 11.6 Å². The third kappa shape index (κ3) is 3.30. The van der Waals surface area contributed by atoms with Crippen molar-refractivity contribution in [1.82, 2.24) is 19.9 Å². The number of aryl methyl sites for hydroxylation is 1. The third-order valence-corrected chi connectivity index (χ3v) is 3.87. The van der Waals surface area contributed by atoms with Crippen LogP contribution >= 0.6 is 0 Å². The summed E-state index contributed by atoms with van der Waals surface area (Å²) in [7, 11) is 0. The van der Waals surface area contributed by atoms with E-state index in [2.05, 4.69) is 15.2 Å². The molecule has 0 aliphatic carbocycles. The van der Waals surface area contributed by atoms with Gasteiger partial charge in [-0.1, -0.05) is 22.9 Å². The van der Waals surface area contributed by atoms with Crippen LogP contribution in [-0.2, 0) is 11.3 Å². The molecule has 1 unspecified atom stereocenters. The Morgan fingerprint density at radius 1 is 1.29 bits per heavy atom. The summed E-state index contributed by atoms with van der Waals surface area (Å²) >= 11 is 0. The summed E-state index contributed by atoms with van der Waals surface area (Å²) in [5.74, 6) is 1.81. The molecule has 2 aromatic heterocycles. The monoisotopic (exact) mass is 326 g/mol. The number of aromatic nitrogens is 4. The summed E-state index contributed by atoms with van der Waals surface area (Å²) in [4.78, 5) is 4.42.